The largest absolute Gasteiger partial charge is 0.334 e. The van der Waals surface area contributed by atoms with Gasteiger partial charge in [-0.3, -0.25) is 4.79 Å². The Labute approximate surface area is 162 Å². The van der Waals surface area contributed by atoms with Crippen LogP contribution in [0, 0.1) is 11.6 Å². The minimum atomic E-state index is -1.03. The molecule has 28 heavy (non-hydrogen) atoms. The van der Waals surface area contributed by atoms with Crippen molar-refractivity contribution in [1.82, 2.24) is 9.97 Å². The fraction of sp³-hybridized carbons (Fsp3) is 0.190. The molecule has 0 atom stereocenters. The smallest absolute Gasteiger partial charge is 0.258 e. The van der Waals surface area contributed by atoms with Crippen LogP contribution in [0.2, 0.25) is 0 Å². The highest BCUT2D eigenvalue weighted by molar-refractivity contribution is 6.03. The number of nitrogens with one attached hydrogen (secondary N) is 1. The number of carbonyl (C=O) groups is 1. The molecule has 0 spiro atoms. The van der Waals surface area contributed by atoms with E-state index in [-0.39, 0.29) is 17.3 Å². The van der Waals surface area contributed by atoms with Crippen molar-refractivity contribution in [2.24, 2.45) is 0 Å². The van der Waals surface area contributed by atoms with Crippen molar-refractivity contribution in [2.75, 3.05) is 10.2 Å². The first-order chi connectivity index (χ1) is 13.4. The van der Waals surface area contributed by atoms with Gasteiger partial charge in [0.15, 0.2) is 11.6 Å². The van der Waals surface area contributed by atoms with E-state index in [1.54, 1.807) is 0 Å². The van der Waals surface area contributed by atoms with E-state index >= 15 is 0 Å². The maximum absolute atomic E-state index is 13.3. The maximum Gasteiger partial charge on any atom is 0.258 e. The zero-order valence-electron chi connectivity index (χ0n) is 15.6. The molecule has 0 aliphatic heterocycles. The topological polar surface area (TPSA) is 58.1 Å². The third-order valence-electron chi connectivity index (χ3n) is 4.15. The summed E-state index contributed by atoms with van der Waals surface area (Å²) in [7, 11) is 0. The number of benzene rings is 2. The molecule has 1 N–H and O–H groups in total. The van der Waals surface area contributed by atoms with Crippen LogP contribution in [0.15, 0.2) is 60.9 Å². The van der Waals surface area contributed by atoms with Gasteiger partial charge in [0.25, 0.3) is 5.91 Å². The summed E-state index contributed by atoms with van der Waals surface area (Å²) in [6.07, 6.45) is 2.83. The van der Waals surface area contributed by atoms with E-state index in [1.165, 1.54) is 18.5 Å². The molecule has 1 aromatic heterocycles. The summed E-state index contributed by atoms with van der Waals surface area (Å²) in [5.41, 5.74) is 1.50. The first kappa shape index (κ1) is 19.4. The minimum absolute atomic E-state index is 0.154. The van der Waals surface area contributed by atoms with Gasteiger partial charge in [-0.15, -0.1) is 0 Å². The van der Waals surface area contributed by atoms with Gasteiger partial charge in [0, 0.05) is 36.7 Å². The summed E-state index contributed by atoms with van der Waals surface area (Å²) >= 11 is 0. The second-order valence-electron chi connectivity index (χ2n) is 6.56. The molecular weight excluding hydrogens is 362 g/mol. The number of hydrogen-bond acceptors (Lipinski definition) is 4. The molecule has 0 saturated heterocycles. The van der Waals surface area contributed by atoms with Crippen molar-refractivity contribution in [2.45, 2.75) is 26.4 Å². The van der Waals surface area contributed by atoms with Gasteiger partial charge in [-0.25, -0.2) is 18.7 Å². The highest BCUT2D eigenvalue weighted by Crippen LogP contribution is 2.17. The standard InChI is InChI=1S/C21H20F2N4O/c1-14(2)27(13-15-6-4-3-5-7-15)21-24-11-16(12-25-21)20(28)26-17-8-9-18(22)19(23)10-17/h3-12,14H,13H2,1-2H3,(H,26,28). The monoisotopic (exact) mass is 382 g/mol. The predicted octanol–water partition coefficient (Wildman–Crippen LogP) is 4.42. The van der Waals surface area contributed by atoms with Crippen molar-refractivity contribution in [3.63, 3.8) is 0 Å². The molecule has 0 saturated carbocycles. The average molecular weight is 382 g/mol. The van der Waals surface area contributed by atoms with Gasteiger partial charge < -0.3 is 10.2 Å². The van der Waals surface area contributed by atoms with Crippen LogP contribution in [-0.4, -0.2) is 21.9 Å². The van der Waals surface area contributed by atoms with Crippen LogP contribution in [0.5, 0.6) is 0 Å². The van der Waals surface area contributed by atoms with Crippen LogP contribution in [0.25, 0.3) is 0 Å². The molecule has 0 radical (unpaired) electrons. The number of aromatic nitrogens is 2. The van der Waals surface area contributed by atoms with E-state index < -0.39 is 17.5 Å². The first-order valence-corrected chi connectivity index (χ1v) is 8.83. The number of halogens is 2. The second kappa shape index (κ2) is 8.56. The fourth-order valence-electron chi connectivity index (χ4n) is 2.63. The maximum atomic E-state index is 13.3. The number of hydrogen-bond donors (Lipinski definition) is 1. The van der Waals surface area contributed by atoms with Crippen LogP contribution < -0.4 is 10.2 Å². The summed E-state index contributed by atoms with van der Waals surface area (Å²) in [6, 6.07) is 13.3. The van der Waals surface area contributed by atoms with Gasteiger partial charge in [0.05, 0.1) is 5.56 Å². The van der Waals surface area contributed by atoms with Gasteiger partial charge in [-0.05, 0) is 31.5 Å². The highest BCUT2D eigenvalue weighted by Gasteiger charge is 2.16. The van der Waals surface area contributed by atoms with Crippen LogP contribution in [0.1, 0.15) is 29.8 Å². The molecule has 7 heteroatoms. The molecule has 2 aromatic carbocycles. The van der Waals surface area contributed by atoms with E-state index in [1.807, 2.05) is 49.1 Å². The zero-order chi connectivity index (χ0) is 20.1. The molecule has 144 valence electrons. The molecule has 3 rings (SSSR count). The Morgan fingerprint density at radius 3 is 2.32 bits per heavy atom. The third kappa shape index (κ3) is 4.68. The quantitative estimate of drug-likeness (QED) is 0.686. The van der Waals surface area contributed by atoms with Crippen LogP contribution in [0.4, 0.5) is 20.4 Å². The number of nitrogens with zero attached hydrogens (tertiary/aromatic N) is 3. The van der Waals surface area contributed by atoms with Gasteiger partial charge in [0.1, 0.15) is 0 Å². The summed E-state index contributed by atoms with van der Waals surface area (Å²) < 4.78 is 26.3. The van der Waals surface area contributed by atoms with Crippen LogP contribution in [-0.2, 0) is 6.54 Å². The van der Waals surface area contributed by atoms with Crippen molar-refractivity contribution < 1.29 is 13.6 Å². The summed E-state index contributed by atoms with van der Waals surface area (Å²) in [6.45, 7) is 4.71. The van der Waals surface area contributed by atoms with Gasteiger partial charge in [-0.2, -0.15) is 0 Å². The Bertz CT molecular complexity index is 946. The molecule has 1 heterocycles. The Kier molecular flexibility index (Phi) is 5.93. The highest BCUT2D eigenvalue weighted by atomic mass is 19.2. The number of anilines is 2. The number of rotatable bonds is 6. The van der Waals surface area contributed by atoms with E-state index in [0.717, 1.165) is 17.7 Å². The molecule has 1 amide bonds. The lowest BCUT2D eigenvalue weighted by molar-refractivity contribution is 0.102. The first-order valence-electron chi connectivity index (χ1n) is 8.83. The van der Waals surface area contributed by atoms with E-state index in [2.05, 4.69) is 15.3 Å². The molecule has 5 nitrogen and oxygen atoms in total. The summed E-state index contributed by atoms with van der Waals surface area (Å²) in [5, 5.41) is 2.50. The van der Waals surface area contributed by atoms with Crippen LogP contribution >= 0.6 is 0 Å². The lowest BCUT2D eigenvalue weighted by Gasteiger charge is -2.26. The molecule has 0 aliphatic rings. The van der Waals surface area contributed by atoms with Crippen molar-refractivity contribution in [3.8, 4) is 0 Å². The Hall–Kier alpha value is -3.35. The van der Waals surface area contributed by atoms with Crippen LogP contribution in [0.3, 0.4) is 0 Å². The number of carbonyl (C=O) groups excluding carboxylic acids is 1. The molecule has 0 unspecified atom stereocenters. The molecule has 3 aromatic rings. The van der Waals surface area contributed by atoms with Crippen molar-refractivity contribution >= 4 is 17.5 Å². The van der Waals surface area contributed by atoms with E-state index in [9.17, 15) is 13.6 Å². The average Bonchev–Trinajstić information content (AvgIpc) is 2.69. The SMILES string of the molecule is CC(C)N(Cc1ccccc1)c1ncc(C(=O)Nc2ccc(F)c(F)c2)cn1. The Morgan fingerprint density at radius 2 is 1.71 bits per heavy atom. The molecule has 0 fully saturated rings. The third-order valence-corrected chi connectivity index (χ3v) is 4.15. The minimum Gasteiger partial charge on any atom is -0.334 e. The fourth-order valence-corrected chi connectivity index (χ4v) is 2.63. The molecule has 0 bridgehead atoms. The normalized spacial score (nSPS) is 10.8. The van der Waals surface area contributed by atoms with E-state index in [4.69, 9.17) is 0 Å². The lowest BCUT2D eigenvalue weighted by Crippen LogP contribution is -2.31. The molecule has 0 aliphatic carbocycles. The zero-order valence-corrected chi connectivity index (χ0v) is 15.6. The van der Waals surface area contributed by atoms with Gasteiger partial charge in [0.2, 0.25) is 5.95 Å². The Morgan fingerprint density at radius 1 is 1.04 bits per heavy atom. The van der Waals surface area contributed by atoms with Crippen molar-refractivity contribution in [3.05, 3.63) is 83.7 Å². The molecular formula is C21H20F2N4O. The van der Waals surface area contributed by atoms with Gasteiger partial charge in [-0.1, -0.05) is 30.3 Å². The summed E-state index contributed by atoms with van der Waals surface area (Å²) in [4.78, 5) is 22.9. The van der Waals surface area contributed by atoms with E-state index in [0.29, 0.717) is 12.5 Å². The predicted molar refractivity (Wildman–Crippen MR) is 104 cm³/mol. The summed E-state index contributed by atoms with van der Waals surface area (Å²) in [5.74, 6) is -2.00. The van der Waals surface area contributed by atoms with Gasteiger partial charge >= 0.3 is 0 Å². The van der Waals surface area contributed by atoms with Crippen molar-refractivity contribution in [1.29, 1.82) is 0 Å². The number of amides is 1. The Balaban J connectivity index is 1.73. The lowest BCUT2D eigenvalue weighted by atomic mass is 10.2. The second-order valence-corrected chi connectivity index (χ2v) is 6.56.